The number of thiophene rings is 1. The minimum absolute atomic E-state index is 0.0675. The Morgan fingerprint density at radius 1 is 1.37 bits per heavy atom. The van der Waals surface area contributed by atoms with Gasteiger partial charge in [-0.2, -0.15) is 0 Å². The highest BCUT2D eigenvalue weighted by Gasteiger charge is 2.32. The van der Waals surface area contributed by atoms with Crippen LogP contribution in [0.15, 0.2) is 34.6 Å². The molecule has 2 aliphatic rings. The molecule has 2 N–H and O–H groups in total. The predicted octanol–water partition coefficient (Wildman–Crippen LogP) is 2.59. The number of H-pyrrole nitrogens is 1. The molecule has 1 saturated heterocycles. The van der Waals surface area contributed by atoms with Gasteiger partial charge in [-0.05, 0) is 61.8 Å². The first-order chi connectivity index (χ1) is 13.1. The highest BCUT2D eigenvalue weighted by atomic mass is 32.1. The molecule has 0 radical (unpaired) electrons. The Morgan fingerprint density at radius 3 is 3.07 bits per heavy atom. The van der Waals surface area contributed by atoms with Crippen molar-refractivity contribution in [1.82, 2.24) is 20.1 Å². The Hall–Kier alpha value is -2.12. The number of nitrogens with zero attached hydrogens (tertiary/aromatic N) is 2. The summed E-state index contributed by atoms with van der Waals surface area (Å²) in [5.41, 5.74) is 1.68. The van der Waals surface area contributed by atoms with Gasteiger partial charge in [-0.3, -0.25) is 9.69 Å². The summed E-state index contributed by atoms with van der Waals surface area (Å²) in [6, 6.07) is 6.53. The first kappa shape index (κ1) is 18.3. The van der Waals surface area contributed by atoms with E-state index in [2.05, 4.69) is 39.8 Å². The van der Waals surface area contributed by atoms with Crippen molar-refractivity contribution in [3.05, 3.63) is 56.1 Å². The Labute approximate surface area is 163 Å². The lowest BCUT2D eigenvalue weighted by Crippen LogP contribution is -2.47. The molecule has 2 amide bonds. The maximum Gasteiger partial charge on any atom is 0.317 e. The molecule has 2 aromatic rings. The number of aromatic nitrogens is 1. The van der Waals surface area contributed by atoms with Gasteiger partial charge >= 0.3 is 6.03 Å². The molecule has 2 atom stereocenters. The molecular formula is C20H26N4O2S. The van der Waals surface area contributed by atoms with Crippen LogP contribution in [0.5, 0.6) is 0 Å². The summed E-state index contributed by atoms with van der Waals surface area (Å²) in [6.07, 6.45) is 4.69. The topological polar surface area (TPSA) is 68.4 Å². The maximum absolute atomic E-state index is 12.7. The van der Waals surface area contributed by atoms with Crippen molar-refractivity contribution in [2.45, 2.75) is 31.8 Å². The standard InChI is InChI=1S/C20H26N4O2S/c1-23-9-2-4-15(18(23)17-5-3-11-27-17)12-22-20(26)24-10-7-14-6-8-21-19(25)16(14)13-24/h3,5-6,8,11,15,18H,2,4,7,9-10,12-13H2,1H3,(H,21,25)(H,22,26). The molecule has 2 aromatic heterocycles. The third-order valence-electron chi connectivity index (χ3n) is 5.81. The van der Waals surface area contributed by atoms with Crippen molar-refractivity contribution < 1.29 is 4.79 Å². The molecule has 0 aromatic carbocycles. The van der Waals surface area contributed by atoms with E-state index in [0.717, 1.165) is 31.4 Å². The fourth-order valence-electron chi connectivity index (χ4n) is 4.37. The predicted molar refractivity (Wildman–Crippen MR) is 107 cm³/mol. The van der Waals surface area contributed by atoms with Gasteiger partial charge in [-0.25, -0.2) is 4.79 Å². The molecule has 6 nitrogen and oxygen atoms in total. The number of hydrogen-bond donors (Lipinski definition) is 2. The van der Waals surface area contributed by atoms with Crippen LogP contribution in [0.25, 0.3) is 0 Å². The van der Waals surface area contributed by atoms with E-state index in [9.17, 15) is 9.59 Å². The lowest BCUT2D eigenvalue weighted by atomic mass is 9.88. The zero-order valence-corrected chi connectivity index (χ0v) is 16.4. The van der Waals surface area contributed by atoms with E-state index in [1.54, 1.807) is 22.4 Å². The number of pyridine rings is 1. The smallest absolute Gasteiger partial charge is 0.317 e. The van der Waals surface area contributed by atoms with Gasteiger partial charge in [-0.15, -0.1) is 11.3 Å². The van der Waals surface area contributed by atoms with Crippen molar-refractivity contribution in [1.29, 1.82) is 0 Å². The molecule has 4 rings (SSSR count). The Kier molecular flexibility index (Phi) is 5.31. The van der Waals surface area contributed by atoms with Crippen molar-refractivity contribution in [2.24, 2.45) is 5.92 Å². The van der Waals surface area contributed by atoms with Gasteiger partial charge < -0.3 is 15.2 Å². The first-order valence-electron chi connectivity index (χ1n) is 9.59. The van der Waals surface area contributed by atoms with Crippen LogP contribution in [0.4, 0.5) is 4.79 Å². The number of aromatic amines is 1. The van der Waals surface area contributed by atoms with Crippen LogP contribution in [0.2, 0.25) is 0 Å². The molecule has 4 heterocycles. The molecule has 0 saturated carbocycles. The maximum atomic E-state index is 12.7. The molecule has 2 aliphatic heterocycles. The summed E-state index contributed by atoms with van der Waals surface area (Å²) >= 11 is 1.79. The van der Waals surface area contributed by atoms with Crippen LogP contribution < -0.4 is 10.9 Å². The number of fused-ring (bicyclic) bond motifs is 1. The third-order valence-corrected chi connectivity index (χ3v) is 6.75. The van der Waals surface area contributed by atoms with Crippen molar-refractivity contribution in [3.8, 4) is 0 Å². The number of carbonyl (C=O) groups is 1. The lowest BCUT2D eigenvalue weighted by Gasteiger charge is -2.39. The van der Waals surface area contributed by atoms with Gasteiger partial charge in [0.1, 0.15) is 0 Å². The summed E-state index contributed by atoms with van der Waals surface area (Å²) in [4.78, 5) is 33.0. The summed E-state index contributed by atoms with van der Waals surface area (Å²) in [5, 5.41) is 5.26. The van der Waals surface area contributed by atoms with E-state index >= 15 is 0 Å². The Balaban J connectivity index is 1.40. The molecule has 1 fully saturated rings. The highest BCUT2D eigenvalue weighted by molar-refractivity contribution is 7.10. The summed E-state index contributed by atoms with van der Waals surface area (Å²) < 4.78 is 0. The number of piperidine rings is 1. The minimum atomic E-state index is -0.0864. The number of urea groups is 1. The van der Waals surface area contributed by atoms with E-state index in [-0.39, 0.29) is 11.6 Å². The van der Waals surface area contributed by atoms with Crippen LogP contribution in [0, 0.1) is 5.92 Å². The molecule has 144 valence electrons. The zero-order chi connectivity index (χ0) is 18.8. The number of likely N-dealkylation sites (tertiary alicyclic amines) is 1. The van der Waals surface area contributed by atoms with E-state index < -0.39 is 0 Å². The second-order valence-electron chi connectivity index (χ2n) is 7.51. The molecule has 0 spiro atoms. The second kappa shape index (κ2) is 7.86. The Morgan fingerprint density at radius 2 is 2.26 bits per heavy atom. The van der Waals surface area contributed by atoms with E-state index in [0.29, 0.717) is 37.2 Å². The lowest BCUT2D eigenvalue weighted by molar-refractivity contribution is 0.120. The molecule has 7 heteroatoms. The van der Waals surface area contributed by atoms with Crippen molar-refractivity contribution in [2.75, 3.05) is 26.7 Å². The van der Waals surface area contributed by atoms with Crippen LogP contribution in [-0.4, -0.2) is 47.5 Å². The van der Waals surface area contributed by atoms with Gasteiger partial charge in [0.25, 0.3) is 5.56 Å². The van der Waals surface area contributed by atoms with Gasteiger partial charge in [0.15, 0.2) is 0 Å². The van der Waals surface area contributed by atoms with Crippen LogP contribution in [0.1, 0.15) is 34.9 Å². The van der Waals surface area contributed by atoms with Crippen LogP contribution >= 0.6 is 11.3 Å². The summed E-state index contributed by atoms with van der Waals surface area (Å²) in [6.45, 7) is 2.80. The van der Waals surface area contributed by atoms with Gasteiger partial charge in [-0.1, -0.05) is 6.07 Å². The largest absolute Gasteiger partial charge is 0.338 e. The van der Waals surface area contributed by atoms with Crippen LogP contribution in [-0.2, 0) is 13.0 Å². The summed E-state index contributed by atoms with van der Waals surface area (Å²) in [5.74, 6) is 0.409. The SMILES string of the molecule is CN1CCCC(CNC(=O)N2CCc3cc[nH]c(=O)c3C2)C1c1cccs1. The second-order valence-corrected chi connectivity index (χ2v) is 8.49. The fraction of sp³-hybridized carbons (Fsp3) is 0.500. The van der Waals surface area contributed by atoms with Gasteiger partial charge in [0, 0.05) is 35.8 Å². The highest BCUT2D eigenvalue weighted by Crippen LogP contribution is 2.36. The van der Waals surface area contributed by atoms with Crippen molar-refractivity contribution in [3.63, 3.8) is 0 Å². The average molecular weight is 387 g/mol. The third kappa shape index (κ3) is 3.80. The number of carbonyl (C=O) groups excluding carboxylic acids is 1. The van der Waals surface area contributed by atoms with E-state index in [1.807, 2.05) is 6.07 Å². The first-order valence-corrected chi connectivity index (χ1v) is 10.5. The molecule has 2 unspecified atom stereocenters. The minimum Gasteiger partial charge on any atom is -0.338 e. The normalized spacial score (nSPS) is 23.1. The van der Waals surface area contributed by atoms with Gasteiger partial charge in [0.05, 0.1) is 6.54 Å². The van der Waals surface area contributed by atoms with E-state index in [4.69, 9.17) is 0 Å². The number of hydrogen-bond acceptors (Lipinski definition) is 4. The molecular weight excluding hydrogens is 360 g/mol. The van der Waals surface area contributed by atoms with Crippen molar-refractivity contribution >= 4 is 17.4 Å². The average Bonchev–Trinajstić information content (AvgIpc) is 3.20. The number of nitrogens with one attached hydrogen (secondary N) is 2. The molecule has 27 heavy (non-hydrogen) atoms. The molecule has 0 bridgehead atoms. The Bertz CT molecular complexity index is 848. The van der Waals surface area contributed by atoms with Crippen LogP contribution in [0.3, 0.4) is 0 Å². The fourth-order valence-corrected chi connectivity index (χ4v) is 5.35. The molecule has 0 aliphatic carbocycles. The number of amides is 2. The summed E-state index contributed by atoms with van der Waals surface area (Å²) in [7, 11) is 2.17. The quantitative estimate of drug-likeness (QED) is 0.852. The number of rotatable bonds is 3. The monoisotopic (exact) mass is 386 g/mol. The van der Waals surface area contributed by atoms with Gasteiger partial charge in [0.2, 0.25) is 0 Å². The van der Waals surface area contributed by atoms with E-state index in [1.165, 1.54) is 4.88 Å². The zero-order valence-electron chi connectivity index (χ0n) is 15.6.